The van der Waals surface area contributed by atoms with Crippen LogP contribution in [0.15, 0.2) is 23.1 Å². The molecule has 0 aliphatic carbocycles. The number of hydrogen-bond acceptors (Lipinski definition) is 6. The highest BCUT2D eigenvalue weighted by molar-refractivity contribution is 7.89. The van der Waals surface area contributed by atoms with Gasteiger partial charge in [0.2, 0.25) is 15.9 Å². The summed E-state index contributed by atoms with van der Waals surface area (Å²) < 4.78 is 37.2. The molecule has 1 heterocycles. The normalized spacial score (nSPS) is 15.1. The predicted molar refractivity (Wildman–Crippen MR) is 116 cm³/mol. The minimum Gasteiger partial charge on any atom is -0.385 e. The number of hydrogen-bond donors (Lipinski definition) is 2. The van der Waals surface area contributed by atoms with Gasteiger partial charge in [0.05, 0.1) is 11.5 Å². The number of aryl methyl sites for hydroxylation is 1. The van der Waals surface area contributed by atoms with Gasteiger partial charge in [-0.25, -0.2) is 13.1 Å². The number of carbonyl (C=O) groups is 2. The minimum absolute atomic E-state index is 0.00889. The lowest BCUT2D eigenvalue weighted by molar-refractivity contribution is -0.126. The van der Waals surface area contributed by atoms with Gasteiger partial charge in [-0.1, -0.05) is 6.07 Å². The molecule has 1 aliphatic heterocycles. The van der Waals surface area contributed by atoms with E-state index in [0.29, 0.717) is 50.2 Å². The van der Waals surface area contributed by atoms with Crippen molar-refractivity contribution in [1.82, 2.24) is 14.9 Å². The van der Waals surface area contributed by atoms with E-state index in [1.54, 1.807) is 25.0 Å². The van der Waals surface area contributed by atoms with E-state index >= 15 is 0 Å². The molecule has 1 fully saturated rings. The molecular formula is C21H33N3O6S. The summed E-state index contributed by atoms with van der Waals surface area (Å²) in [7, 11) is -0.616. The van der Waals surface area contributed by atoms with Crippen LogP contribution in [0.25, 0.3) is 0 Å². The first-order valence-electron chi connectivity index (χ1n) is 10.5. The Morgan fingerprint density at radius 3 is 2.42 bits per heavy atom. The number of ether oxygens (including phenoxy) is 2. The molecule has 0 bridgehead atoms. The van der Waals surface area contributed by atoms with E-state index in [-0.39, 0.29) is 35.8 Å². The molecule has 0 radical (unpaired) electrons. The van der Waals surface area contributed by atoms with Gasteiger partial charge < -0.3 is 19.7 Å². The molecule has 10 heteroatoms. The maximum atomic E-state index is 13.1. The number of likely N-dealkylation sites (tertiary alicyclic amines) is 1. The molecule has 0 unspecified atom stereocenters. The van der Waals surface area contributed by atoms with E-state index in [1.165, 1.54) is 19.2 Å². The molecule has 0 aromatic heterocycles. The summed E-state index contributed by atoms with van der Waals surface area (Å²) in [6.45, 7) is 4.27. The van der Waals surface area contributed by atoms with Gasteiger partial charge in [0, 0.05) is 58.5 Å². The van der Waals surface area contributed by atoms with Crippen molar-refractivity contribution in [3.05, 3.63) is 29.3 Å². The summed E-state index contributed by atoms with van der Waals surface area (Å²) in [5, 5.41) is 2.91. The first kappa shape index (κ1) is 25.3. The fraction of sp³-hybridized carbons (Fsp3) is 0.619. The summed E-state index contributed by atoms with van der Waals surface area (Å²) >= 11 is 0. The van der Waals surface area contributed by atoms with Crippen molar-refractivity contribution in [2.75, 3.05) is 53.6 Å². The first-order chi connectivity index (χ1) is 14.8. The van der Waals surface area contributed by atoms with E-state index in [4.69, 9.17) is 9.47 Å². The Balaban J connectivity index is 1.99. The third-order valence-corrected chi connectivity index (χ3v) is 6.78. The Hall–Kier alpha value is -2.01. The highest BCUT2D eigenvalue weighted by atomic mass is 32.2. The van der Waals surface area contributed by atoms with E-state index < -0.39 is 10.0 Å². The maximum Gasteiger partial charge on any atom is 0.254 e. The van der Waals surface area contributed by atoms with Crippen molar-refractivity contribution < 1.29 is 27.5 Å². The molecule has 0 atom stereocenters. The van der Waals surface area contributed by atoms with E-state index in [1.807, 2.05) is 0 Å². The molecule has 1 aromatic carbocycles. The van der Waals surface area contributed by atoms with Crippen LogP contribution in [0.3, 0.4) is 0 Å². The zero-order chi connectivity index (χ0) is 22.9. The number of nitrogens with one attached hydrogen (secondary N) is 2. The van der Waals surface area contributed by atoms with Gasteiger partial charge in [-0.3, -0.25) is 9.59 Å². The minimum atomic E-state index is -3.73. The van der Waals surface area contributed by atoms with Gasteiger partial charge in [0.25, 0.3) is 5.91 Å². The molecule has 1 saturated heterocycles. The second-order valence-electron chi connectivity index (χ2n) is 7.57. The number of amides is 2. The van der Waals surface area contributed by atoms with E-state index in [0.717, 1.165) is 6.42 Å². The standard InChI is InChI=1S/C21H33N3O6S/c1-16-5-6-18(31(27,28)23-10-14-30-3)15-19(16)21(26)24-11-7-17(8-12-24)20(25)22-9-4-13-29-2/h5-6,15,17,23H,4,7-14H2,1-3H3,(H,22,25). The van der Waals surface area contributed by atoms with Crippen LogP contribution in [0.4, 0.5) is 0 Å². The molecule has 2 rings (SSSR count). The average molecular weight is 456 g/mol. The fourth-order valence-electron chi connectivity index (χ4n) is 3.45. The number of nitrogens with zero attached hydrogens (tertiary/aromatic N) is 1. The fourth-order valence-corrected chi connectivity index (χ4v) is 4.49. The van der Waals surface area contributed by atoms with Gasteiger partial charge in [-0.05, 0) is 43.9 Å². The highest BCUT2D eigenvalue weighted by Gasteiger charge is 2.29. The van der Waals surface area contributed by atoms with Crippen molar-refractivity contribution >= 4 is 21.8 Å². The topological polar surface area (TPSA) is 114 Å². The molecule has 1 aliphatic rings. The molecule has 31 heavy (non-hydrogen) atoms. The zero-order valence-corrected chi connectivity index (χ0v) is 19.3. The number of carbonyl (C=O) groups excluding carboxylic acids is 2. The summed E-state index contributed by atoms with van der Waals surface area (Å²) in [5.41, 5.74) is 1.07. The number of sulfonamides is 1. The Bertz CT molecular complexity index is 851. The Labute approximate surface area is 184 Å². The second-order valence-corrected chi connectivity index (χ2v) is 9.34. The van der Waals surface area contributed by atoms with Crippen molar-refractivity contribution in [3.63, 3.8) is 0 Å². The summed E-state index contributed by atoms with van der Waals surface area (Å²) in [5.74, 6) is -0.329. The molecule has 9 nitrogen and oxygen atoms in total. The van der Waals surface area contributed by atoms with Gasteiger partial charge >= 0.3 is 0 Å². The van der Waals surface area contributed by atoms with Crippen LogP contribution in [0.1, 0.15) is 35.2 Å². The highest BCUT2D eigenvalue weighted by Crippen LogP contribution is 2.22. The van der Waals surface area contributed by atoms with Crippen molar-refractivity contribution in [2.24, 2.45) is 5.92 Å². The third kappa shape index (κ3) is 7.27. The Kier molecular flexibility index (Phi) is 9.89. The monoisotopic (exact) mass is 455 g/mol. The molecule has 0 spiro atoms. The quantitative estimate of drug-likeness (QED) is 0.480. The maximum absolute atomic E-state index is 13.1. The van der Waals surface area contributed by atoms with E-state index in [2.05, 4.69) is 10.0 Å². The Morgan fingerprint density at radius 1 is 1.10 bits per heavy atom. The summed E-state index contributed by atoms with van der Waals surface area (Å²) in [4.78, 5) is 27.1. The lowest BCUT2D eigenvalue weighted by Crippen LogP contribution is -2.43. The van der Waals surface area contributed by atoms with Gasteiger partial charge in [-0.2, -0.15) is 0 Å². The smallest absolute Gasteiger partial charge is 0.254 e. The van der Waals surface area contributed by atoms with Crippen LogP contribution >= 0.6 is 0 Å². The van der Waals surface area contributed by atoms with Gasteiger partial charge in [0.1, 0.15) is 0 Å². The number of rotatable bonds is 11. The largest absolute Gasteiger partial charge is 0.385 e. The number of benzene rings is 1. The molecular weight excluding hydrogens is 422 g/mol. The average Bonchev–Trinajstić information content (AvgIpc) is 2.76. The number of piperidine rings is 1. The zero-order valence-electron chi connectivity index (χ0n) is 18.5. The molecule has 1 aromatic rings. The Morgan fingerprint density at radius 2 is 1.77 bits per heavy atom. The van der Waals surface area contributed by atoms with E-state index in [9.17, 15) is 18.0 Å². The van der Waals surface area contributed by atoms with Crippen LogP contribution in [0, 0.1) is 12.8 Å². The van der Waals surface area contributed by atoms with Gasteiger partial charge in [0.15, 0.2) is 0 Å². The SMILES string of the molecule is COCCCNC(=O)C1CCN(C(=O)c2cc(S(=O)(=O)NCCOC)ccc2C)CC1. The molecule has 174 valence electrons. The summed E-state index contributed by atoms with van der Waals surface area (Å²) in [6.07, 6.45) is 1.92. The molecule has 2 N–H and O–H groups in total. The molecule has 0 saturated carbocycles. The van der Waals surface area contributed by atoms with Crippen LogP contribution in [-0.2, 0) is 24.3 Å². The first-order valence-corrected chi connectivity index (χ1v) is 11.9. The lowest BCUT2D eigenvalue weighted by Gasteiger charge is -2.31. The molecule has 2 amide bonds. The van der Waals surface area contributed by atoms with Crippen LogP contribution in [0.2, 0.25) is 0 Å². The van der Waals surface area contributed by atoms with Crippen LogP contribution < -0.4 is 10.0 Å². The van der Waals surface area contributed by atoms with Crippen molar-refractivity contribution in [2.45, 2.75) is 31.1 Å². The van der Waals surface area contributed by atoms with Crippen LogP contribution in [0.5, 0.6) is 0 Å². The van der Waals surface area contributed by atoms with Gasteiger partial charge in [-0.15, -0.1) is 0 Å². The second kappa shape index (κ2) is 12.1. The number of methoxy groups -OCH3 is 2. The predicted octanol–water partition coefficient (Wildman–Crippen LogP) is 0.925. The lowest BCUT2D eigenvalue weighted by atomic mass is 9.95. The third-order valence-electron chi connectivity index (χ3n) is 5.33. The van der Waals surface area contributed by atoms with Crippen LogP contribution in [-0.4, -0.2) is 78.7 Å². The summed E-state index contributed by atoms with van der Waals surface area (Å²) in [6, 6.07) is 4.54. The van der Waals surface area contributed by atoms with Crippen molar-refractivity contribution in [1.29, 1.82) is 0 Å². The van der Waals surface area contributed by atoms with Crippen molar-refractivity contribution in [3.8, 4) is 0 Å².